The van der Waals surface area contributed by atoms with E-state index in [1.807, 2.05) is 6.92 Å². The molecule has 82 valence electrons. The van der Waals surface area contributed by atoms with Gasteiger partial charge >= 0.3 is 0 Å². The van der Waals surface area contributed by atoms with Gasteiger partial charge in [0.1, 0.15) is 0 Å². The summed E-state index contributed by atoms with van der Waals surface area (Å²) in [5, 5.41) is 0. The Balaban J connectivity index is 2.66. The topological polar surface area (TPSA) is 29.3 Å². The Hall–Kier alpha value is -0.340. The molecule has 1 aliphatic rings. The molecule has 0 aromatic heterocycles. The average Bonchev–Trinajstić information content (AvgIpc) is 2.18. The number of nitrogens with zero attached hydrogens (tertiary/aromatic N) is 1. The van der Waals surface area contributed by atoms with E-state index in [9.17, 15) is 0 Å². The van der Waals surface area contributed by atoms with Gasteiger partial charge < -0.3 is 5.73 Å². The predicted octanol–water partition coefficient (Wildman–Crippen LogP) is 2.15. The molecule has 1 heterocycles. The zero-order valence-electron chi connectivity index (χ0n) is 9.84. The molecule has 0 aromatic rings. The highest BCUT2D eigenvalue weighted by molar-refractivity contribution is 5.10. The van der Waals surface area contributed by atoms with Gasteiger partial charge in [0.05, 0.1) is 0 Å². The van der Waals surface area contributed by atoms with E-state index in [0.29, 0.717) is 0 Å². The third-order valence-electron chi connectivity index (χ3n) is 3.46. The molecule has 1 saturated heterocycles. The molecule has 1 atom stereocenters. The largest absolute Gasteiger partial charge is 0.323 e. The first-order valence-electron chi connectivity index (χ1n) is 5.62. The molecule has 0 aromatic carbocycles. The first kappa shape index (κ1) is 11.7. The van der Waals surface area contributed by atoms with Gasteiger partial charge in [0.2, 0.25) is 0 Å². The molecule has 1 fully saturated rings. The van der Waals surface area contributed by atoms with Gasteiger partial charge in [0.15, 0.2) is 0 Å². The zero-order chi connectivity index (χ0) is 10.8. The molecule has 1 rings (SSSR count). The van der Waals surface area contributed by atoms with E-state index >= 15 is 0 Å². The summed E-state index contributed by atoms with van der Waals surface area (Å²) in [5.74, 6) is 0. The number of piperidine rings is 1. The van der Waals surface area contributed by atoms with Crippen LogP contribution in [-0.4, -0.2) is 29.6 Å². The van der Waals surface area contributed by atoms with Crippen molar-refractivity contribution in [2.45, 2.75) is 51.6 Å². The standard InChI is InChI=1S/C12H24N2/c1-10(2)11(13)12(3,4)14-8-6-5-7-9-14/h11H,1,5-9,13H2,2-4H3. The molecule has 1 aliphatic heterocycles. The van der Waals surface area contributed by atoms with Crippen LogP contribution in [0.4, 0.5) is 0 Å². The third kappa shape index (κ3) is 2.37. The van der Waals surface area contributed by atoms with Crippen molar-refractivity contribution >= 4 is 0 Å². The average molecular weight is 196 g/mol. The van der Waals surface area contributed by atoms with E-state index in [1.54, 1.807) is 0 Å². The Bertz CT molecular complexity index is 202. The van der Waals surface area contributed by atoms with Gasteiger partial charge in [-0.05, 0) is 46.7 Å². The molecular weight excluding hydrogens is 172 g/mol. The molecule has 2 N–H and O–H groups in total. The van der Waals surface area contributed by atoms with Crippen LogP contribution < -0.4 is 5.73 Å². The first-order valence-corrected chi connectivity index (χ1v) is 5.62. The van der Waals surface area contributed by atoms with E-state index in [0.717, 1.165) is 5.57 Å². The smallest absolute Gasteiger partial charge is 0.0430 e. The molecule has 0 bridgehead atoms. The Morgan fingerprint density at radius 3 is 2.21 bits per heavy atom. The Kier molecular flexibility index (Phi) is 3.73. The Morgan fingerprint density at radius 1 is 1.29 bits per heavy atom. The molecule has 0 saturated carbocycles. The molecular formula is C12H24N2. The monoisotopic (exact) mass is 196 g/mol. The predicted molar refractivity (Wildman–Crippen MR) is 62.3 cm³/mol. The summed E-state index contributed by atoms with van der Waals surface area (Å²) < 4.78 is 0. The van der Waals surface area contributed by atoms with E-state index in [1.165, 1.54) is 32.4 Å². The molecule has 14 heavy (non-hydrogen) atoms. The van der Waals surface area contributed by atoms with Crippen LogP contribution in [0.5, 0.6) is 0 Å². The van der Waals surface area contributed by atoms with Crippen molar-refractivity contribution in [2.24, 2.45) is 5.73 Å². The first-order chi connectivity index (χ1) is 6.46. The number of likely N-dealkylation sites (tertiary alicyclic amines) is 1. The molecule has 0 aliphatic carbocycles. The number of hydrogen-bond donors (Lipinski definition) is 1. The highest BCUT2D eigenvalue weighted by Crippen LogP contribution is 2.25. The maximum atomic E-state index is 6.18. The van der Waals surface area contributed by atoms with E-state index in [4.69, 9.17) is 5.73 Å². The van der Waals surface area contributed by atoms with Gasteiger partial charge in [0.25, 0.3) is 0 Å². The van der Waals surface area contributed by atoms with Crippen molar-refractivity contribution in [1.29, 1.82) is 0 Å². The third-order valence-corrected chi connectivity index (χ3v) is 3.46. The maximum Gasteiger partial charge on any atom is 0.0430 e. The summed E-state index contributed by atoms with van der Waals surface area (Å²) in [6, 6.07) is 0.0839. The summed E-state index contributed by atoms with van der Waals surface area (Å²) in [4.78, 5) is 2.51. The molecule has 2 nitrogen and oxygen atoms in total. The Morgan fingerprint density at radius 2 is 1.79 bits per heavy atom. The fourth-order valence-electron chi connectivity index (χ4n) is 2.27. The molecule has 0 radical (unpaired) electrons. The summed E-state index contributed by atoms with van der Waals surface area (Å²) in [5.41, 5.74) is 7.33. The van der Waals surface area contributed by atoms with Crippen molar-refractivity contribution in [3.8, 4) is 0 Å². The lowest BCUT2D eigenvalue weighted by Gasteiger charge is -2.45. The highest BCUT2D eigenvalue weighted by atomic mass is 15.2. The number of rotatable bonds is 3. The van der Waals surface area contributed by atoms with Crippen LogP contribution in [0.2, 0.25) is 0 Å². The van der Waals surface area contributed by atoms with Crippen LogP contribution in [0.1, 0.15) is 40.0 Å². The minimum atomic E-state index is 0.0618. The normalized spacial score (nSPS) is 22.0. The molecule has 2 heteroatoms. The van der Waals surface area contributed by atoms with E-state index < -0.39 is 0 Å². The van der Waals surface area contributed by atoms with Crippen molar-refractivity contribution in [1.82, 2.24) is 4.90 Å². The molecule has 1 unspecified atom stereocenters. The lowest BCUT2D eigenvalue weighted by molar-refractivity contribution is 0.0824. The Labute approximate surface area is 88.2 Å². The number of hydrogen-bond acceptors (Lipinski definition) is 2. The van der Waals surface area contributed by atoms with E-state index in [-0.39, 0.29) is 11.6 Å². The summed E-state index contributed by atoms with van der Waals surface area (Å²) in [6.45, 7) is 12.8. The molecule has 0 spiro atoms. The van der Waals surface area contributed by atoms with Gasteiger partial charge in [-0.15, -0.1) is 0 Å². The molecule has 0 amide bonds. The highest BCUT2D eigenvalue weighted by Gasteiger charge is 2.33. The lowest BCUT2D eigenvalue weighted by Crippen LogP contribution is -2.57. The van der Waals surface area contributed by atoms with Crippen LogP contribution in [0, 0.1) is 0 Å². The lowest BCUT2D eigenvalue weighted by atomic mass is 9.87. The minimum absolute atomic E-state index is 0.0618. The van der Waals surface area contributed by atoms with Gasteiger partial charge in [-0.1, -0.05) is 18.6 Å². The fourth-order valence-corrected chi connectivity index (χ4v) is 2.27. The van der Waals surface area contributed by atoms with E-state index in [2.05, 4.69) is 25.3 Å². The summed E-state index contributed by atoms with van der Waals surface area (Å²) >= 11 is 0. The van der Waals surface area contributed by atoms with Crippen LogP contribution in [-0.2, 0) is 0 Å². The van der Waals surface area contributed by atoms with Crippen LogP contribution >= 0.6 is 0 Å². The van der Waals surface area contributed by atoms with Gasteiger partial charge in [-0.3, -0.25) is 4.90 Å². The van der Waals surface area contributed by atoms with Crippen LogP contribution in [0.15, 0.2) is 12.2 Å². The van der Waals surface area contributed by atoms with Crippen molar-refractivity contribution in [3.63, 3.8) is 0 Å². The SMILES string of the molecule is C=C(C)C(N)C(C)(C)N1CCCCC1. The number of nitrogens with two attached hydrogens (primary N) is 1. The summed E-state index contributed by atoms with van der Waals surface area (Å²) in [7, 11) is 0. The van der Waals surface area contributed by atoms with Gasteiger partial charge in [-0.2, -0.15) is 0 Å². The van der Waals surface area contributed by atoms with Crippen molar-refractivity contribution in [3.05, 3.63) is 12.2 Å². The van der Waals surface area contributed by atoms with Crippen molar-refractivity contribution in [2.75, 3.05) is 13.1 Å². The fraction of sp³-hybridized carbons (Fsp3) is 0.833. The summed E-state index contributed by atoms with van der Waals surface area (Å²) in [6.07, 6.45) is 3.99. The van der Waals surface area contributed by atoms with Crippen molar-refractivity contribution < 1.29 is 0 Å². The second-order valence-corrected chi connectivity index (χ2v) is 5.03. The quantitative estimate of drug-likeness (QED) is 0.701. The van der Waals surface area contributed by atoms with Crippen LogP contribution in [0.3, 0.4) is 0 Å². The minimum Gasteiger partial charge on any atom is -0.323 e. The second-order valence-electron chi connectivity index (χ2n) is 5.03. The van der Waals surface area contributed by atoms with Gasteiger partial charge in [-0.25, -0.2) is 0 Å². The zero-order valence-corrected chi connectivity index (χ0v) is 9.84. The maximum absolute atomic E-state index is 6.18. The second kappa shape index (κ2) is 4.45. The van der Waals surface area contributed by atoms with Gasteiger partial charge in [0, 0.05) is 11.6 Å². The van der Waals surface area contributed by atoms with Crippen LogP contribution in [0.25, 0.3) is 0 Å².